The van der Waals surface area contributed by atoms with E-state index in [1.165, 1.54) is 0 Å². The number of nitrogens with one attached hydrogen (secondary N) is 2. The average molecular weight is 242 g/mol. The SMILES string of the molecule is CCC1CCNC(C(=O)NC(C)(C)C(C)O)C1. The van der Waals surface area contributed by atoms with Crippen LogP contribution in [0.4, 0.5) is 0 Å². The molecular formula is C13H26N2O2. The Bertz CT molecular complexity index is 264. The summed E-state index contributed by atoms with van der Waals surface area (Å²) in [4.78, 5) is 12.1. The second-order valence-electron chi connectivity index (χ2n) is 5.69. The quantitative estimate of drug-likeness (QED) is 0.690. The van der Waals surface area contributed by atoms with E-state index in [4.69, 9.17) is 0 Å². The van der Waals surface area contributed by atoms with Crippen LogP contribution in [0.3, 0.4) is 0 Å². The molecule has 4 nitrogen and oxygen atoms in total. The van der Waals surface area contributed by atoms with E-state index in [0.717, 1.165) is 25.8 Å². The van der Waals surface area contributed by atoms with Gasteiger partial charge in [0.05, 0.1) is 17.7 Å². The van der Waals surface area contributed by atoms with Crippen molar-refractivity contribution in [1.29, 1.82) is 0 Å². The Labute approximate surface area is 104 Å². The van der Waals surface area contributed by atoms with Crippen molar-refractivity contribution in [1.82, 2.24) is 10.6 Å². The van der Waals surface area contributed by atoms with Crippen LogP contribution in [0.2, 0.25) is 0 Å². The molecule has 1 aliphatic heterocycles. The van der Waals surface area contributed by atoms with Crippen LogP contribution in [0.5, 0.6) is 0 Å². The molecule has 1 fully saturated rings. The van der Waals surface area contributed by atoms with E-state index < -0.39 is 11.6 Å². The van der Waals surface area contributed by atoms with Gasteiger partial charge in [0.15, 0.2) is 0 Å². The van der Waals surface area contributed by atoms with Crippen molar-refractivity contribution in [2.75, 3.05) is 6.54 Å². The highest BCUT2D eigenvalue weighted by molar-refractivity contribution is 5.82. The van der Waals surface area contributed by atoms with E-state index in [1.54, 1.807) is 6.92 Å². The third kappa shape index (κ3) is 3.96. The minimum atomic E-state index is -0.572. The number of rotatable bonds is 4. The molecule has 1 heterocycles. The van der Waals surface area contributed by atoms with Crippen molar-refractivity contribution >= 4 is 5.91 Å². The number of hydrogen-bond donors (Lipinski definition) is 3. The Morgan fingerprint density at radius 1 is 1.59 bits per heavy atom. The zero-order valence-electron chi connectivity index (χ0n) is 11.4. The van der Waals surface area contributed by atoms with Gasteiger partial charge in [-0.25, -0.2) is 0 Å². The van der Waals surface area contributed by atoms with Crippen molar-refractivity contribution < 1.29 is 9.90 Å². The summed E-state index contributed by atoms with van der Waals surface area (Å²) in [6.07, 6.45) is 2.63. The van der Waals surface area contributed by atoms with E-state index in [9.17, 15) is 9.90 Å². The first kappa shape index (κ1) is 14.5. The number of carbonyl (C=O) groups excluding carboxylic acids is 1. The molecule has 3 atom stereocenters. The van der Waals surface area contributed by atoms with Crippen LogP contribution in [-0.2, 0) is 4.79 Å². The second-order valence-corrected chi connectivity index (χ2v) is 5.69. The van der Waals surface area contributed by atoms with E-state index in [0.29, 0.717) is 5.92 Å². The fraction of sp³-hybridized carbons (Fsp3) is 0.923. The lowest BCUT2D eigenvalue weighted by molar-refractivity contribution is -0.127. The summed E-state index contributed by atoms with van der Waals surface area (Å²) in [6, 6.07) is -0.105. The van der Waals surface area contributed by atoms with E-state index in [-0.39, 0.29) is 11.9 Å². The Balaban J connectivity index is 2.52. The smallest absolute Gasteiger partial charge is 0.237 e. The fourth-order valence-electron chi connectivity index (χ4n) is 2.08. The van der Waals surface area contributed by atoms with Crippen molar-refractivity contribution in [3.05, 3.63) is 0 Å². The molecule has 4 heteroatoms. The van der Waals surface area contributed by atoms with Crippen LogP contribution in [0.1, 0.15) is 47.0 Å². The molecular weight excluding hydrogens is 216 g/mol. The first-order chi connectivity index (χ1) is 7.86. The third-order valence-electron chi connectivity index (χ3n) is 3.90. The van der Waals surface area contributed by atoms with Gasteiger partial charge in [0.25, 0.3) is 0 Å². The summed E-state index contributed by atoms with van der Waals surface area (Å²) in [6.45, 7) is 8.46. The van der Waals surface area contributed by atoms with Gasteiger partial charge in [-0.05, 0) is 46.1 Å². The predicted molar refractivity (Wildman–Crippen MR) is 68.7 cm³/mol. The predicted octanol–water partition coefficient (Wildman–Crippen LogP) is 1.04. The van der Waals surface area contributed by atoms with Crippen molar-refractivity contribution in [3.63, 3.8) is 0 Å². The number of amides is 1. The maximum Gasteiger partial charge on any atom is 0.237 e. The van der Waals surface area contributed by atoms with Crippen molar-refractivity contribution in [3.8, 4) is 0 Å². The van der Waals surface area contributed by atoms with E-state index >= 15 is 0 Å². The number of aliphatic hydroxyl groups excluding tert-OH is 1. The van der Waals surface area contributed by atoms with Crippen LogP contribution in [0.15, 0.2) is 0 Å². The minimum Gasteiger partial charge on any atom is -0.391 e. The maximum atomic E-state index is 12.1. The molecule has 1 rings (SSSR count). The standard InChI is InChI=1S/C13H26N2O2/c1-5-10-6-7-14-11(8-10)12(17)15-13(3,4)9(2)16/h9-11,14,16H,5-8H2,1-4H3,(H,15,17). The number of piperidine rings is 1. The number of carbonyl (C=O) groups is 1. The van der Waals surface area contributed by atoms with Crippen molar-refractivity contribution in [2.45, 2.75) is 64.6 Å². The molecule has 100 valence electrons. The lowest BCUT2D eigenvalue weighted by Gasteiger charge is -2.34. The van der Waals surface area contributed by atoms with Crippen LogP contribution in [0, 0.1) is 5.92 Å². The molecule has 17 heavy (non-hydrogen) atoms. The van der Waals surface area contributed by atoms with Gasteiger partial charge >= 0.3 is 0 Å². The molecule has 0 spiro atoms. The summed E-state index contributed by atoms with van der Waals surface area (Å²) >= 11 is 0. The minimum absolute atomic E-state index is 0.00838. The topological polar surface area (TPSA) is 61.4 Å². The van der Waals surface area contributed by atoms with Gasteiger partial charge in [0.1, 0.15) is 0 Å². The maximum absolute atomic E-state index is 12.1. The fourth-order valence-corrected chi connectivity index (χ4v) is 2.08. The lowest BCUT2D eigenvalue weighted by Crippen LogP contribution is -2.57. The Morgan fingerprint density at radius 3 is 2.76 bits per heavy atom. The number of aliphatic hydroxyl groups is 1. The highest BCUT2D eigenvalue weighted by atomic mass is 16.3. The number of hydrogen-bond acceptors (Lipinski definition) is 3. The highest BCUT2D eigenvalue weighted by Gasteiger charge is 2.31. The zero-order valence-corrected chi connectivity index (χ0v) is 11.4. The molecule has 0 aromatic carbocycles. The molecule has 0 aromatic rings. The molecule has 1 amide bonds. The van der Waals surface area contributed by atoms with Crippen LogP contribution < -0.4 is 10.6 Å². The largest absolute Gasteiger partial charge is 0.391 e. The van der Waals surface area contributed by atoms with Gasteiger partial charge in [-0.3, -0.25) is 4.79 Å². The molecule has 3 N–H and O–H groups in total. The van der Waals surface area contributed by atoms with Gasteiger partial charge in [0, 0.05) is 0 Å². The summed E-state index contributed by atoms with van der Waals surface area (Å²) < 4.78 is 0. The zero-order chi connectivity index (χ0) is 13.1. The molecule has 0 aromatic heterocycles. The van der Waals surface area contributed by atoms with Gasteiger partial charge in [-0.2, -0.15) is 0 Å². The molecule has 1 aliphatic rings. The molecule has 0 bridgehead atoms. The monoisotopic (exact) mass is 242 g/mol. The van der Waals surface area contributed by atoms with Crippen LogP contribution in [-0.4, -0.2) is 35.2 Å². The van der Waals surface area contributed by atoms with Crippen LogP contribution in [0.25, 0.3) is 0 Å². The van der Waals surface area contributed by atoms with Gasteiger partial charge in [-0.1, -0.05) is 13.3 Å². The van der Waals surface area contributed by atoms with E-state index in [2.05, 4.69) is 17.6 Å². The first-order valence-electron chi connectivity index (χ1n) is 6.60. The van der Waals surface area contributed by atoms with Crippen molar-refractivity contribution in [2.24, 2.45) is 5.92 Å². The molecule has 0 saturated carbocycles. The molecule has 1 saturated heterocycles. The third-order valence-corrected chi connectivity index (χ3v) is 3.90. The Hall–Kier alpha value is -0.610. The Kier molecular flexibility index (Phi) is 4.95. The summed E-state index contributed by atoms with van der Waals surface area (Å²) in [5, 5.41) is 15.8. The van der Waals surface area contributed by atoms with E-state index in [1.807, 2.05) is 13.8 Å². The first-order valence-corrected chi connectivity index (χ1v) is 6.60. The summed E-state index contributed by atoms with van der Waals surface area (Å²) in [7, 11) is 0. The van der Waals surface area contributed by atoms with Crippen LogP contribution >= 0.6 is 0 Å². The average Bonchev–Trinajstić information content (AvgIpc) is 2.28. The van der Waals surface area contributed by atoms with Gasteiger partial charge in [-0.15, -0.1) is 0 Å². The van der Waals surface area contributed by atoms with Gasteiger partial charge < -0.3 is 15.7 Å². The summed E-state index contributed by atoms with van der Waals surface area (Å²) in [5.41, 5.74) is -0.572. The van der Waals surface area contributed by atoms with Gasteiger partial charge in [0.2, 0.25) is 5.91 Å². The highest BCUT2D eigenvalue weighted by Crippen LogP contribution is 2.20. The normalized spacial score (nSPS) is 27.6. The second kappa shape index (κ2) is 5.83. The Morgan fingerprint density at radius 2 is 2.24 bits per heavy atom. The molecule has 0 aliphatic carbocycles. The molecule has 0 radical (unpaired) electrons. The summed E-state index contributed by atoms with van der Waals surface area (Å²) in [5.74, 6) is 0.649. The molecule has 3 unspecified atom stereocenters. The lowest BCUT2D eigenvalue weighted by atomic mass is 9.89.